The third-order valence-corrected chi connectivity index (χ3v) is 7.99. The number of thiophene rings is 1. The van der Waals surface area contributed by atoms with E-state index in [2.05, 4.69) is 15.3 Å². The molecule has 33 heavy (non-hydrogen) atoms. The Morgan fingerprint density at radius 2 is 1.91 bits per heavy atom. The largest absolute Gasteiger partial charge is 0.294 e. The first-order valence-corrected chi connectivity index (χ1v) is 12.7. The van der Waals surface area contributed by atoms with Crippen LogP contribution in [-0.2, 0) is 17.6 Å². The molecule has 7 nitrogen and oxygen atoms in total. The maximum Gasteiger partial charge on any atom is 0.267 e. The van der Waals surface area contributed by atoms with Crippen molar-refractivity contribution in [2.75, 3.05) is 5.32 Å². The Morgan fingerprint density at radius 1 is 1.18 bits per heavy atom. The average Bonchev–Trinajstić information content (AvgIpc) is 3.19. The number of benzene rings is 1. The number of anilines is 1. The third-order valence-electron chi connectivity index (χ3n) is 5.50. The van der Waals surface area contributed by atoms with Gasteiger partial charge in [-0.05, 0) is 68.5 Å². The lowest BCUT2D eigenvalue weighted by Crippen LogP contribution is -2.27. The van der Waals surface area contributed by atoms with Gasteiger partial charge in [0, 0.05) is 22.3 Å². The lowest BCUT2D eigenvalue weighted by atomic mass is 9.97. The predicted octanol–water partition coefficient (Wildman–Crippen LogP) is 4.89. The fourth-order valence-corrected chi connectivity index (χ4v) is 6.23. The van der Waals surface area contributed by atoms with Crippen LogP contribution in [0.1, 0.15) is 30.2 Å². The molecule has 1 unspecified atom stereocenters. The van der Waals surface area contributed by atoms with E-state index in [4.69, 9.17) is 16.6 Å². The van der Waals surface area contributed by atoms with Gasteiger partial charge < -0.3 is 0 Å². The van der Waals surface area contributed by atoms with Gasteiger partial charge >= 0.3 is 0 Å². The summed E-state index contributed by atoms with van der Waals surface area (Å²) in [6.07, 6.45) is 7.21. The number of carbonyl (C=O) groups excluding carboxylic acids is 1. The van der Waals surface area contributed by atoms with Gasteiger partial charge in [0.2, 0.25) is 11.9 Å². The van der Waals surface area contributed by atoms with E-state index in [1.807, 2.05) is 0 Å². The minimum Gasteiger partial charge on any atom is -0.294 e. The number of aryl methyl sites for hydroxylation is 2. The molecule has 0 radical (unpaired) electrons. The Bertz CT molecular complexity index is 1390. The first kappa shape index (κ1) is 22.1. The predicted molar refractivity (Wildman–Crippen MR) is 133 cm³/mol. The standard InChI is InChI=1S/C23H20ClN5O2S2/c1-13(19(30)27-22-25-11-4-12-26-22)32-23-28-20-18(16-5-2-3-6-17(16)33-20)21(31)29(23)15-9-7-14(24)8-10-15/h4,7-13H,2-3,5-6H2,1H3,(H,25,26,27,30). The van der Waals surface area contributed by atoms with Crippen molar-refractivity contribution in [3.8, 4) is 5.69 Å². The van der Waals surface area contributed by atoms with Crippen LogP contribution >= 0.6 is 34.7 Å². The summed E-state index contributed by atoms with van der Waals surface area (Å²) in [5, 5.41) is 3.92. The molecular formula is C23H20ClN5O2S2. The summed E-state index contributed by atoms with van der Waals surface area (Å²) < 4.78 is 1.59. The number of thioether (sulfide) groups is 1. The second-order valence-electron chi connectivity index (χ2n) is 7.72. The zero-order valence-electron chi connectivity index (χ0n) is 17.7. The van der Waals surface area contributed by atoms with E-state index in [-0.39, 0.29) is 17.4 Å². The Labute approximate surface area is 203 Å². The van der Waals surface area contributed by atoms with Crippen LogP contribution in [0.4, 0.5) is 5.95 Å². The number of carbonyl (C=O) groups is 1. The fourth-order valence-electron chi connectivity index (χ4n) is 3.87. The Morgan fingerprint density at radius 3 is 2.67 bits per heavy atom. The molecule has 5 rings (SSSR count). The summed E-state index contributed by atoms with van der Waals surface area (Å²) in [5.74, 6) is -0.0342. The molecule has 1 amide bonds. The van der Waals surface area contributed by atoms with Gasteiger partial charge in [0.1, 0.15) is 4.83 Å². The summed E-state index contributed by atoms with van der Waals surface area (Å²) in [6.45, 7) is 1.77. The third kappa shape index (κ3) is 4.40. The molecule has 3 aromatic heterocycles. The van der Waals surface area contributed by atoms with Crippen molar-refractivity contribution in [3.05, 3.63) is 68.5 Å². The second kappa shape index (κ2) is 9.24. The maximum absolute atomic E-state index is 13.8. The van der Waals surface area contributed by atoms with Crippen LogP contribution in [0.15, 0.2) is 52.7 Å². The maximum atomic E-state index is 13.8. The molecule has 1 aliphatic rings. The Kier molecular flexibility index (Phi) is 6.18. The summed E-state index contributed by atoms with van der Waals surface area (Å²) in [4.78, 5) is 41.5. The van der Waals surface area contributed by atoms with Gasteiger partial charge in [-0.1, -0.05) is 23.4 Å². The van der Waals surface area contributed by atoms with Crippen molar-refractivity contribution in [1.82, 2.24) is 19.5 Å². The number of fused-ring (bicyclic) bond motifs is 3. The Balaban J connectivity index is 1.58. The van der Waals surface area contributed by atoms with E-state index < -0.39 is 5.25 Å². The van der Waals surface area contributed by atoms with Crippen molar-refractivity contribution in [1.29, 1.82) is 0 Å². The zero-order valence-corrected chi connectivity index (χ0v) is 20.1. The molecule has 0 fully saturated rings. The van der Waals surface area contributed by atoms with Crippen molar-refractivity contribution in [2.24, 2.45) is 0 Å². The molecule has 1 atom stereocenters. The lowest BCUT2D eigenvalue weighted by molar-refractivity contribution is -0.115. The summed E-state index contributed by atoms with van der Waals surface area (Å²) in [7, 11) is 0. The highest BCUT2D eigenvalue weighted by Gasteiger charge is 2.25. The highest BCUT2D eigenvalue weighted by molar-refractivity contribution is 8.00. The molecule has 0 saturated carbocycles. The molecule has 168 valence electrons. The highest BCUT2D eigenvalue weighted by Crippen LogP contribution is 2.36. The van der Waals surface area contributed by atoms with Crippen LogP contribution in [0.25, 0.3) is 15.9 Å². The molecule has 0 aliphatic heterocycles. The monoisotopic (exact) mass is 497 g/mol. The van der Waals surface area contributed by atoms with E-state index >= 15 is 0 Å². The zero-order chi connectivity index (χ0) is 22.9. The first-order valence-electron chi connectivity index (χ1n) is 10.6. The summed E-state index contributed by atoms with van der Waals surface area (Å²) >= 11 is 8.91. The lowest BCUT2D eigenvalue weighted by Gasteiger charge is -2.16. The molecular weight excluding hydrogens is 478 g/mol. The molecule has 1 N–H and O–H groups in total. The topological polar surface area (TPSA) is 89.8 Å². The number of nitrogens with zero attached hydrogens (tertiary/aromatic N) is 4. The van der Waals surface area contributed by atoms with Crippen LogP contribution in [0, 0.1) is 0 Å². The minimum absolute atomic E-state index is 0.108. The van der Waals surface area contributed by atoms with Crippen molar-refractivity contribution < 1.29 is 4.79 Å². The highest BCUT2D eigenvalue weighted by atomic mass is 35.5. The van der Waals surface area contributed by atoms with E-state index in [9.17, 15) is 9.59 Å². The number of nitrogens with one attached hydrogen (secondary N) is 1. The van der Waals surface area contributed by atoms with E-state index in [0.717, 1.165) is 36.1 Å². The van der Waals surface area contributed by atoms with Gasteiger partial charge in [-0.25, -0.2) is 15.0 Å². The van der Waals surface area contributed by atoms with Crippen molar-refractivity contribution in [2.45, 2.75) is 43.0 Å². The molecule has 1 aromatic carbocycles. The molecule has 0 bridgehead atoms. The molecule has 0 spiro atoms. The Hall–Kier alpha value is -2.75. The smallest absolute Gasteiger partial charge is 0.267 e. The van der Waals surface area contributed by atoms with Crippen LogP contribution < -0.4 is 10.9 Å². The second-order valence-corrected chi connectivity index (χ2v) is 10.6. The summed E-state index contributed by atoms with van der Waals surface area (Å²) in [5.41, 5.74) is 1.68. The average molecular weight is 498 g/mol. The van der Waals surface area contributed by atoms with Gasteiger partial charge in [-0.2, -0.15) is 0 Å². The molecule has 0 saturated heterocycles. The number of rotatable bonds is 5. The fraction of sp³-hybridized carbons (Fsp3) is 0.261. The number of aromatic nitrogens is 4. The van der Waals surface area contributed by atoms with Crippen molar-refractivity contribution in [3.63, 3.8) is 0 Å². The normalized spacial score (nSPS) is 14.1. The number of amides is 1. The quantitative estimate of drug-likeness (QED) is 0.312. The van der Waals surface area contributed by atoms with E-state index in [1.165, 1.54) is 16.6 Å². The summed E-state index contributed by atoms with van der Waals surface area (Å²) in [6, 6.07) is 8.76. The van der Waals surface area contributed by atoms with Gasteiger partial charge in [0.25, 0.3) is 5.56 Å². The number of hydrogen-bond donors (Lipinski definition) is 1. The van der Waals surface area contributed by atoms with Gasteiger partial charge in [-0.3, -0.25) is 19.5 Å². The molecule has 3 heterocycles. The van der Waals surface area contributed by atoms with Crippen LogP contribution in [-0.4, -0.2) is 30.7 Å². The minimum atomic E-state index is -0.536. The molecule has 4 aromatic rings. The van der Waals surface area contributed by atoms with Gasteiger partial charge in [0.15, 0.2) is 5.16 Å². The first-order chi connectivity index (χ1) is 16.0. The van der Waals surface area contributed by atoms with Crippen molar-refractivity contribution >= 4 is 56.8 Å². The van der Waals surface area contributed by atoms with E-state index in [1.54, 1.807) is 65.6 Å². The van der Waals surface area contributed by atoms with E-state index in [0.29, 0.717) is 21.3 Å². The van der Waals surface area contributed by atoms with Gasteiger partial charge in [0.05, 0.1) is 16.3 Å². The molecule has 10 heteroatoms. The SMILES string of the molecule is CC(Sc1nc2sc3c(c2c(=O)n1-c1ccc(Cl)cc1)CCCC3)C(=O)Nc1ncccn1. The van der Waals surface area contributed by atoms with Crippen LogP contribution in [0.5, 0.6) is 0 Å². The number of halogens is 1. The number of hydrogen-bond acceptors (Lipinski definition) is 7. The molecule has 1 aliphatic carbocycles. The van der Waals surface area contributed by atoms with Crippen LogP contribution in [0.3, 0.4) is 0 Å². The van der Waals surface area contributed by atoms with Gasteiger partial charge in [-0.15, -0.1) is 11.3 Å². The van der Waals surface area contributed by atoms with Crippen LogP contribution in [0.2, 0.25) is 5.02 Å².